The Morgan fingerprint density at radius 1 is 0.560 bits per heavy atom. The summed E-state index contributed by atoms with van der Waals surface area (Å²) in [5.41, 5.74) is 0. The fourth-order valence-electron chi connectivity index (χ4n) is 3.70. The predicted octanol–water partition coefficient (Wildman–Crippen LogP) is 3.55. The maximum absolute atomic E-state index is 3.33. The molecule has 0 N–H and O–H groups in total. The van der Waals surface area contributed by atoms with Gasteiger partial charge in [0.25, 0.3) is 0 Å². The number of allylic oxidation sites excluding steroid dienone is 6. The van der Waals surface area contributed by atoms with Crippen LogP contribution in [0.15, 0.2) is 119 Å². The monoisotopic (exact) mass is 427 g/mol. The third-order valence-corrected chi connectivity index (χ3v) is 18.5. The fourth-order valence-corrected chi connectivity index (χ4v) is 17.2. The standard InChI is InChI=1S/3C6H5.C6H4.Sn/c4*1-2-4-6-5-3-1;/h3*1-5H;1-2,5-6H;/q;;;+1;. The van der Waals surface area contributed by atoms with Crippen molar-refractivity contribution in [2.75, 3.05) is 0 Å². The van der Waals surface area contributed by atoms with Crippen LogP contribution in [0.1, 0.15) is 0 Å². The van der Waals surface area contributed by atoms with Crippen LogP contribution in [0, 0.1) is 6.08 Å². The van der Waals surface area contributed by atoms with E-state index in [-0.39, 0.29) is 0 Å². The van der Waals surface area contributed by atoms with E-state index in [2.05, 4.69) is 121 Å². The van der Waals surface area contributed by atoms with E-state index in [0.29, 0.717) is 0 Å². The van der Waals surface area contributed by atoms with Gasteiger partial charge in [0.1, 0.15) is 0 Å². The number of rotatable bonds is 4. The van der Waals surface area contributed by atoms with Gasteiger partial charge in [-0.1, -0.05) is 0 Å². The van der Waals surface area contributed by atoms with Gasteiger partial charge in [0.05, 0.1) is 0 Å². The van der Waals surface area contributed by atoms with Gasteiger partial charge in [-0.3, -0.25) is 0 Å². The van der Waals surface area contributed by atoms with Crippen LogP contribution >= 0.6 is 0 Å². The second kappa shape index (κ2) is 7.23. The molecule has 0 fully saturated rings. The molecule has 0 spiro atoms. The molecule has 3 aromatic carbocycles. The maximum atomic E-state index is 3.19. The van der Waals surface area contributed by atoms with Gasteiger partial charge in [-0.05, 0) is 0 Å². The molecule has 0 atom stereocenters. The summed E-state index contributed by atoms with van der Waals surface area (Å²) in [6.45, 7) is 0. The van der Waals surface area contributed by atoms with Crippen LogP contribution in [0.2, 0.25) is 0 Å². The summed E-state index contributed by atoms with van der Waals surface area (Å²) in [6, 6.07) is 33.2. The Hall–Kier alpha value is -2.41. The molecule has 25 heavy (non-hydrogen) atoms. The van der Waals surface area contributed by atoms with Crippen molar-refractivity contribution in [3.05, 3.63) is 125 Å². The van der Waals surface area contributed by atoms with Crippen LogP contribution in [-0.2, 0) is 0 Å². The molecule has 1 heteroatoms. The molecule has 0 bridgehead atoms. The second-order valence-electron chi connectivity index (χ2n) is 6.14. The van der Waals surface area contributed by atoms with E-state index < -0.39 is 18.4 Å². The van der Waals surface area contributed by atoms with E-state index >= 15 is 0 Å². The van der Waals surface area contributed by atoms with E-state index in [9.17, 15) is 0 Å². The summed E-state index contributed by atoms with van der Waals surface area (Å²) in [6.07, 6.45) is 11.8. The molecule has 0 radical (unpaired) electrons. The van der Waals surface area contributed by atoms with Gasteiger partial charge in [0.15, 0.2) is 0 Å². The number of benzene rings is 3. The van der Waals surface area contributed by atoms with Crippen LogP contribution in [0.3, 0.4) is 0 Å². The van der Waals surface area contributed by atoms with Crippen LogP contribution in [0.25, 0.3) is 0 Å². The van der Waals surface area contributed by atoms with Crippen molar-refractivity contribution in [2.45, 2.75) is 0 Å². The zero-order valence-corrected chi connectivity index (χ0v) is 16.8. The van der Waals surface area contributed by atoms with Crippen LogP contribution < -0.4 is 10.7 Å². The molecule has 1 aliphatic rings. The van der Waals surface area contributed by atoms with Crippen molar-refractivity contribution < 1.29 is 0 Å². The van der Waals surface area contributed by atoms with Gasteiger partial charge in [-0.25, -0.2) is 0 Å². The number of hydrogen-bond donors (Lipinski definition) is 0. The minimum atomic E-state index is -3.33. The van der Waals surface area contributed by atoms with Gasteiger partial charge in [0.2, 0.25) is 0 Å². The number of hydrogen-bond acceptors (Lipinski definition) is 0. The molecule has 0 nitrogen and oxygen atoms in total. The minimum absolute atomic E-state index is 1.46. The third kappa shape index (κ3) is 2.88. The zero-order valence-electron chi connectivity index (χ0n) is 14.0. The van der Waals surface area contributed by atoms with Gasteiger partial charge < -0.3 is 0 Å². The Kier molecular flexibility index (Phi) is 4.65. The summed E-state index contributed by atoms with van der Waals surface area (Å²) >= 11 is -3.33. The SMILES string of the molecule is [C+]1=CC=[C]([Sn]([c]2ccccc2)([c]2ccccc2)[c]2ccccc2)C=C1. The zero-order chi connectivity index (χ0) is 17.0. The van der Waals surface area contributed by atoms with Crippen molar-refractivity contribution in [3.63, 3.8) is 0 Å². The van der Waals surface area contributed by atoms with Crippen LogP contribution in [0.5, 0.6) is 0 Å². The Morgan fingerprint density at radius 3 is 1.36 bits per heavy atom. The first-order valence-electron chi connectivity index (χ1n) is 8.55. The Balaban J connectivity index is 2.11. The molecule has 0 heterocycles. The Morgan fingerprint density at radius 2 is 1.00 bits per heavy atom. The first-order valence-corrected chi connectivity index (χ1v) is 14.3. The van der Waals surface area contributed by atoms with Crippen molar-refractivity contribution in [3.8, 4) is 0 Å². The van der Waals surface area contributed by atoms with E-state index in [1.807, 2.05) is 0 Å². The van der Waals surface area contributed by atoms with Crippen molar-refractivity contribution in [1.82, 2.24) is 0 Å². The van der Waals surface area contributed by atoms with E-state index in [4.69, 9.17) is 0 Å². The molecule has 0 unspecified atom stereocenters. The van der Waals surface area contributed by atoms with E-state index in [1.54, 1.807) is 0 Å². The van der Waals surface area contributed by atoms with Crippen molar-refractivity contribution in [2.24, 2.45) is 0 Å². The molecule has 0 aliphatic heterocycles. The van der Waals surface area contributed by atoms with E-state index in [0.717, 1.165) is 0 Å². The molecular formula is C24H19Sn+. The molecule has 1 aliphatic carbocycles. The average Bonchev–Trinajstić information content (AvgIpc) is 2.72. The topological polar surface area (TPSA) is 0 Å². The summed E-state index contributed by atoms with van der Waals surface area (Å²) in [4.78, 5) is 0. The normalized spacial score (nSPS) is 13.2. The molecule has 0 amide bonds. The quantitative estimate of drug-likeness (QED) is 0.443. The Labute approximate surface area is 153 Å². The molecule has 0 aromatic heterocycles. The van der Waals surface area contributed by atoms with Gasteiger partial charge in [-0.2, -0.15) is 0 Å². The van der Waals surface area contributed by atoms with Crippen LogP contribution in [0.4, 0.5) is 0 Å². The molecule has 3 aromatic rings. The average molecular weight is 426 g/mol. The molecule has 0 saturated carbocycles. The summed E-state index contributed by atoms with van der Waals surface area (Å²) < 4.78 is 5.87. The Bertz CT molecular complexity index is 823. The molecular weight excluding hydrogens is 407 g/mol. The van der Waals surface area contributed by atoms with Gasteiger partial charge in [0, 0.05) is 0 Å². The van der Waals surface area contributed by atoms with Gasteiger partial charge in [-0.15, -0.1) is 0 Å². The summed E-state index contributed by atoms with van der Waals surface area (Å²) in [5, 5.41) is 0. The molecule has 0 saturated heterocycles. The third-order valence-electron chi connectivity index (χ3n) is 4.77. The molecule has 4 rings (SSSR count). The second-order valence-corrected chi connectivity index (χ2v) is 17.0. The summed E-state index contributed by atoms with van der Waals surface area (Å²) in [7, 11) is 0. The van der Waals surface area contributed by atoms with E-state index in [1.165, 1.54) is 14.3 Å². The van der Waals surface area contributed by atoms with Crippen molar-refractivity contribution >= 4 is 29.1 Å². The first kappa shape index (κ1) is 16.1. The van der Waals surface area contributed by atoms with Gasteiger partial charge >= 0.3 is 154 Å². The fraction of sp³-hybridized carbons (Fsp3) is 0. The summed E-state index contributed by atoms with van der Waals surface area (Å²) in [5.74, 6) is 0. The van der Waals surface area contributed by atoms with Crippen LogP contribution in [-0.4, -0.2) is 18.4 Å². The predicted molar refractivity (Wildman–Crippen MR) is 109 cm³/mol. The van der Waals surface area contributed by atoms with Crippen molar-refractivity contribution in [1.29, 1.82) is 0 Å². The molecule has 118 valence electrons. The first-order chi connectivity index (χ1) is 12.4.